The van der Waals surface area contributed by atoms with Gasteiger partial charge in [0.15, 0.2) is 5.58 Å². The number of carbonyl (C=O) groups excluding carboxylic acids is 1. The molecule has 8 nitrogen and oxygen atoms in total. The number of hydrogen-bond donors (Lipinski definition) is 3. The van der Waals surface area contributed by atoms with Crippen molar-refractivity contribution >= 4 is 29.1 Å². The summed E-state index contributed by atoms with van der Waals surface area (Å²) in [4.78, 5) is 26.2. The van der Waals surface area contributed by atoms with Crippen molar-refractivity contribution < 1.29 is 9.21 Å². The molecule has 0 aliphatic carbocycles. The SMILES string of the molecule is Cn1c(=O)oc2ccc(-c3ccc(CC(C#N)NSNNC(=O)C(C)(C)C)cc3)cc21. The summed E-state index contributed by atoms with van der Waals surface area (Å²) in [6.45, 7) is 5.45. The third-order valence-electron chi connectivity index (χ3n) is 4.77. The zero-order valence-electron chi connectivity index (χ0n) is 17.9. The van der Waals surface area contributed by atoms with E-state index in [0.29, 0.717) is 12.0 Å². The number of nitrogens with one attached hydrogen (secondary N) is 3. The summed E-state index contributed by atoms with van der Waals surface area (Å²) in [6, 6.07) is 15.3. The van der Waals surface area contributed by atoms with Gasteiger partial charge in [0.05, 0.1) is 11.6 Å². The van der Waals surface area contributed by atoms with Crippen LogP contribution in [0.2, 0.25) is 0 Å². The molecule has 1 atom stereocenters. The average Bonchev–Trinajstić information content (AvgIpc) is 3.03. The Morgan fingerprint density at radius 3 is 2.52 bits per heavy atom. The Bertz CT molecular complexity index is 1170. The molecule has 0 radical (unpaired) electrons. The van der Waals surface area contributed by atoms with Crippen LogP contribution >= 0.6 is 12.1 Å². The topological polar surface area (TPSA) is 112 Å². The Balaban J connectivity index is 1.59. The van der Waals surface area contributed by atoms with Gasteiger partial charge in [0.1, 0.15) is 6.04 Å². The van der Waals surface area contributed by atoms with Crippen molar-refractivity contribution in [1.29, 1.82) is 5.26 Å². The second-order valence-electron chi connectivity index (χ2n) is 8.22. The van der Waals surface area contributed by atoms with E-state index >= 15 is 0 Å². The van der Waals surface area contributed by atoms with Gasteiger partial charge < -0.3 is 4.42 Å². The van der Waals surface area contributed by atoms with Gasteiger partial charge in [-0.25, -0.2) is 9.52 Å². The van der Waals surface area contributed by atoms with Crippen LogP contribution in [0.5, 0.6) is 0 Å². The molecule has 3 aromatic rings. The number of benzene rings is 2. The van der Waals surface area contributed by atoms with Gasteiger partial charge in [-0.3, -0.25) is 14.8 Å². The molecule has 9 heteroatoms. The van der Waals surface area contributed by atoms with Crippen LogP contribution in [0.1, 0.15) is 26.3 Å². The van der Waals surface area contributed by atoms with E-state index in [9.17, 15) is 14.9 Å². The minimum Gasteiger partial charge on any atom is -0.408 e. The number of hydrogen-bond acceptors (Lipinski definition) is 7. The molecule has 162 valence electrons. The first-order valence-electron chi connectivity index (χ1n) is 9.74. The summed E-state index contributed by atoms with van der Waals surface area (Å²) in [5.74, 6) is -0.526. The number of aryl methyl sites for hydroxylation is 1. The van der Waals surface area contributed by atoms with E-state index in [0.717, 1.165) is 34.3 Å². The van der Waals surface area contributed by atoms with E-state index in [1.54, 1.807) is 13.1 Å². The molecule has 1 amide bonds. The van der Waals surface area contributed by atoms with Crippen molar-refractivity contribution in [2.75, 3.05) is 0 Å². The molecular weight excluding hydrogens is 414 g/mol. The lowest BCUT2D eigenvalue weighted by atomic mass is 9.96. The van der Waals surface area contributed by atoms with E-state index in [2.05, 4.69) is 21.0 Å². The molecule has 3 rings (SSSR count). The molecule has 3 N–H and O–H groups in total. The average molecular weight is 440 g/mol. The predicted octanol–water partition coefficient (Wildman–Crippen LogP) is 3.05. The minimum atomic E-state index is -0.499. The lowest BCUT2D eigenvalue weighted by molar-refractivity contribution is -0.128. The summed E-state index contributed by atoms with van der Waals surface area (Å²) in [5, 5.41) is 9.41. The van der Waals surface area contributed by atoms with Crippen LogP contribution in [-0.4, -0.2) is 16.5 Å². The van der Waals surface area contributed by atoms with Gasteiger partial charge in [-0.05, 0) is 28.8 Å². The first kappa shape index (κ1) is 22.6. The standard InChI is InChI=1S/C22H25N5O3S/c1-22(2,3)20(28)24-26-31-25-17(13-23)11-14-5-7-15(8-6-14)16-9-10-19-18(12-16)27(4)21(29)30-19/h5-10,12,17,25-26H,11H2,1-4H3,(H,24,28). The molecule has 0 fully saturated rings. The van der Waals surface area contributed by atoms with Crippen molar-refractivity contribution in [1.82, 2.24) is 19.5 Å². The van der Waals surface area contributed by atoms with E-state index < -0.39 is 11.5 Å². The molecule has 1 unspecified atom stereocenters. The zero-order valence-corrected chi connectivity index (χ0v) is 18.7. The van der Waals surface area contributed by atoms with Gasteiger partial charge in [-0.15, -0.1) is 0 Å². The molecule has 0 aliphatic heterocycles. The van der Waals surface area contributed by atoms with Gasteiger partial charge in [-0.2, -0.15) is 10.1 Å². The van der Waals surface area contributed by atoms with Crippen LogP contribution in [0.3, 0.4) is 0 Å². The van der Waals surface area contributed by atoms with E-state index in [1.165, 1.54) is 4.57 Å². The lowest BCUT2D eigenvalue weighted by Gasteiger charge is -2.18. The normalized spacial score (nSPS) is 12.5. The highest BCUT2D eigenvalue weighted by atomic mass is 32.2. The Hall–Kier alpha value is -3.06. The molecule has 0 saturated heterocycles. The van der Waals surface area contributed by atoms with E-state index in [1.807, 2.05) is 57.2 Å². The highest BCUT2D eigenvalue weighted by Gasteiger charge is 2.20. The summed E-state index contributed by atoms with van der Waals surface area (Å²) in [6.07, 6.45) is 0.508. The molecular formula is C22H25N5O3S. The molecule has 1 heterocycles. The fourth-order valence-electron chi connectivity index (χ4n) is 2.85. The lowest BCUT2D eigenvalue weighted by Crippen LogP contribution is -2.42. The van der Waals surface area contributed by atoms with Crippen molar-refractivity contribution in [3.8, 4) is 17.2 Å². The minimum absolute atomic E-state index is 0.139. The maximum absolute atomic E-state index is 11.8. The van der Waals surface area contributed by atoms with Gasteiger partial charge in [0.25, 0.3) is 0 Å². The molecule has 0 spiro atoms. The summed E-state index contributed by atoms with van der Waals surface area (Å²) in [7, 11) is 1.68. The first-order valence-corrected chi connectivity index (χ1v) is 10.6. The maximum Gasteiger partial charge on any atom is 0.419 e. The van der Waals surface area contributed by atoms with Crippen LogP contribution in [0.25, 0.3) is 22.2 Å². The van der Waals surface area contributed by atoms with Crippen LogP contribution in [0, 0.1) is 16.7 Å². The van der Waals surface area contributed by atoms with Crippen LogP contribution in [0.15, 0.2) is 51.7 Å². The highest BCUT2D eigenvalue weighted by Crippen LogP contribution is 2.24. The number of nitrogens with zero attached hydrogens (tertiary/aromatic N) is 2. The van der Waals surface area contributed by atoms with Crippen molar-refractivity contribution in [3.05, 3.63) is 58.6 Å². The molecule has 0 saturated carbocycles. The summed E-state index contributed by atoms with van der Waals surface area (Å²) >= 11 is 1.06. The van der Waals surface area contributed by atoms with Gasteiger partial charge >= 0.3 is 5.76 Å². The third kappa shape index (κ3) is 5.55. The fraction of sp³-hybridized carbons (Fsp3) is 0.318. The first-order chi connectivity index (χ1) is 14.7. The van der Waals surface area contributed by atoms with Crippen LogP contribution in [-0.2, 0) is 18.3 Å². The Labute approximate surface area is 184 Å². The monoisotopic (exact) mass is 439 g/mol. The number of carbonyl (C=O) groups is 1. The molecule has 31 heavy (non-hydrogen) atoms. The van der Waals surface area contributed by atoms with Crippen molar-refractivity contribution in [3.63, 3.8) is 0 Å². The predicted molar refractivity (Wildman–Crippen MR) is 121 cm³/mol. The molecule has 0 aliphatic rings. The van der Waals surface area contributed by atoms with E-state index in [-0.39, 0.29) is 11.7 Å². The number of rotatable bonds is 7. The van der Waals surface area contributed by atoms with Crippen LogP contribution in [0.4, 0.5) is 0 Å². The number of oxazole rings is 1. The second-order valence-corrected chi connectivity index (χ2v) is 8.86. The maximum atomic E-state index is 11.8. The molecule has 0 bridgehead atoms. The van der Waals surface area contributed by atoms with Crippen LogP contribution < -0.4 is 20.7 Å². The van der Waals surface area contributed by atoms with Crippen molar-refractivity contribution in [2.24, 2.45) is 12.5 Å². The smallest absolute Gasteiger partial charge is 0.408 e. The number of nitriles is 1. The highest BCUT2D eigenvalue weighted by molar-refractivity contribution is 7.95. The fourth-order valence-corrected chi connectivity index (χ4v) is 3.33. The van der Waals surface area contributed by atoms with Crippen molar-refractivity contribution in [2.45, 2.75) is 33.2 Å². The number of fused-ring (bicyclic) bond motifs is 1. The van der Waals surface area contributed by atoms with E-state index in [4.69, 9.17) is 4.42 Å². The Morgan fingerprint density at radius 1 is 1.19 bits per heavy atom. The second kappa shape index (κ2) is 9.39. The van der Waals surface area contributed by atoms with Gasteiger partial charge in [0.2, 0.25) is 5.91 Å². The number of amides is 1. The summed E-state index contributed by atoms with van der Waals surface area (Å²) < 4.78 is 9.64. The third-order valence-corrected chi connectivity index (χ3v) is 5.38. The van der Waals surface area contributed by atoms with Gasteiger partial charge in [0, 0.05) is 31.0 Å². The summed E-state index contributed by atoms with van der Waals surface area (Å²) in [5.41, 5.74) is 6.35. The molecule has 2 aromatic carbocycles. The van der Waals surface area contributed by atoms with Gasteiger partial charge in [-0.1, -0.05) is 51.1 Å². The Morgan fingerprint density at radius 2 is 1.87 bits per heavy atom. The number of aromatic nitrogens is 1. The zero-order chi connectivity index (χ0) is 22.6. The number of hydrazine groups is 1. The largest absolute Gasteiger partial charge is 0.419 e. The quantitative estimate of drug-likeness (QED) is 0.295. The Kier molecular flexibility index (Phi) is 6.85. The molecule has 1 aromatic heterocycles.